The molecule has 1 aliphatic heterocycles. The Labute approximate surface area is 115 Å². The minimum atomic E-state index is -0.950. The van der Waals surface area contributed by atoms with Crippen LogP contribution in [0.15, 0.2) is 0 Å². The number of carbonyl (C=O) groups excluding carboxylic acids is 1. The van der Waals surface area contributed by atoms with E-state index in [2.05, 4.69) is 0 Å². The van der Waals surface area contributed by atoms with E-state index in [0.717, 1.165) is 44.9 Å². The van der Waals surface area contributed by atoms with E-state index < -0.39 is 11.6 Å². The van der Waals surface area contributed by atoms with Crippen LogP contribution in [0.4, 0.5) is 0 Å². The summed E-state index contributed by atoms with van der Waals surface area (Å²) >= 11 is 0. The number of hydrogen-bond acceptors (Lipinski definition) is 4. The Morgan fingerprint density at radius 3 is 2.42 bits per heavy atom. The van der Waals surface area contributed by atoms with E-state index in [1.807, 2.05) is 0 Å². The molecule has 0 bridgehead atoms. The van der Waals surface area contributed by atoms with Crippen molar-refractivity contribution in [2.75, 3.05) is 6.61 Å². The van der Waals surface area contributed by atoms with Crippen LogP contribution in [-0.4, -0.2) is 24.5 Å². The second kappa shape index (κ2) is 6.68. The molecule has 2 atom stereocenters. The van der Waals surface area contributed by atoms with E-state index in [1.54, 1.807) is 0 Å². The average Bonchev–Trinajstić information content (AvgIpc) is 2.40. The van der Waals surface area contributed by atoms with Gasteiger partial charge < -0.3 is 20.9 Å². The highest BCUT2D eigenvalue weighted by atomic mass is 16.7. The van der Waals surface area contributed by atoms with Crippen LogP contribution in [0.25, 0.3) is 0 Å². The maximum Gasteiger partial charge on any atom is 0.221 e. The molecule has 0 aromatic heterocycles. The Hall–Kier alpha value is -0.650. The Balaban J connectivity index is 2.01. The van der Waals surface area contributed by atoms with Crippen LogP contribution in [0.1, 0.15) is 57.8 Å². The van der Waals surface area contributed by atoms with Crippen molar-refractivity contribution in [3.05, 3.63) is 0 Å². The fraction of sp³-hybridized carbons (Fsp3) is 0.929. The summed E-state index contributed by atoms with van der Waals surface area (Å²) in [7, 11) is 0. The van der Waals surface area contributed by atoms with Gasteiger partial charge in [-0.25, -0.2) is 0 Å². The molecular formula is C14H26N2O3. The number of carbonyl (C=O) groups is 1. The van der Waals surface area contributed by atoms with Gasteiger partial charge in [-0.1, -0.05) is 19.3 Å². The first-order valence-electron chi connectivity index (χ1n) is 7.47. The van der Waals surface area contributed by atoms with Gasteiger partial charge in [0.05, 0.1) is 6.42 Å². The third-order valence-electron chi connectivity index (χ3n) is 4.24. The summed E-state index contributed by atoms with van der Waals surface area (Å²) in [5.41, 5.74) is 10.8. The minimum Gasteiger partial charge on any atom is -0.370 e. The lowest BCUT2D eigenvalue weighted by Crippen LogP contribution is -2.55. The summed E-state index contributed by atoms with van der Waals surface area (Å²) in [4.78, 5) is 11.3. The van der Waals surface area contributed by atoms with Crippen LogP contribution >= 0.6 is 0 Å². The molecule has 19 heavy (non-hydrogen) atoms. The molecule has 1 amide bonds. The Bertz CT molecular complexity index is 299. The van der Waals surface area contributed by atoms with Gasteiger partial charge >= 0.3 is 0 Å². The Morgan fingerprint density at radius 2 is 1.84 bits per heavy atom. The van der Waals surface area contributed by atoms with Crippen LogP contribution in [0, 0.1) is 5.92 Å². The molecule has 4 N–H and O–H groups in total. The first-order chi connectivity index (χ1) is 9.10. The fourth-order valence-electron chi connectivity index (χ4n) is 3.19. The van der Waals surface area contributed by atoms with Gasteiger partial charge in [0.25, 0.3) is 0 Å². The van der Waals surface area contributed by atoms with Gasteiger partial charge in [-0.2, -0.15) is 0 Å². The third kappa shape index (κ3) is 4.16. The summed E-state index contributed by atoms with van der Waals surface area (Å²) in [6.45, 7) is 0.710. The average molecular weight is 270 g/mol. The van der Waals surface area contributed by atoms with Gasteiger partial charge in [-0.3, -0.25) is 4.79 Å². The highest BCUT2D eigenvalue weighted by molar-refractivity contribution is 5.74. The SMILES string of the molecule is NC(=O)CC(N)(OC1CCCCO1)C1CCCCC1. The molecule has 5 nitrogen and oxygen atoms in total. The lowest BCUT2D eigenvalue weighted by atomic mass is 9.80. The Kier molecular flexibility index (Phi) is 5.19. The quantitative estimate of drug-likeness (QED) is 0.743. The minimum absolute atomic E-state index is 0.0809. The number of primary amides is 1. The normalized spacial score (nSPS) is 28.8. The highest BCUT2D eigenvalue weighted by Crippen LogP contribution is 2.35. The summed E-state index contributed by atoms with van der Waals surface area (Å²) in [6, 6.07) is 0. The van der Waals surface area contributed by atoms with Crippen molar-refractivity contribution in [3.8, 4) is 0 Å². The molecule has 0 aromatic rings. The molecule has 1 heterocycles. The second-order valence-corrected chi connectivity index (χ2v) is 5.85. The van der Waals surface area contributed by atoms with E-state index in [-0.39, 0.29) is 18.6 Å². The van der Waals surface area contributed by atoms with Crippen LogP contribution in [0.5, 0.6) is 0 Å². The number of nitrogens with two attached hydrogens (primary N) is 2. The number of hydrogen-bond donors (Lipinski definition) is 2. The molecule has 2 aliphatic rings. The highest BCUT2D eigenvalue weighted by Gasteiger charge is 2.40. The fourth-order valence-corrected chi connectivity index (χ4v) is 3.19. The van der Waals surface area contributed by atoms with E-state index >= 15 is 0 Å². The molecule has 1 saturated carbocycles. The van der Waals surface area contributed by atoms with E-state index in [4.69, 9.17) is 20.9 Å². The molecule has 1 saturated heterocycles. The standard InChI is InChI=1S/C14H26N2O3/c15-12(17)10-14(16,11-6-2-1-3-7-11)19-13-8-4-5-9-18-13/h11,13H,1-10,16H2,(H2,15,17). The molecule has 2 rings (SSSR count). The van der Waals surface area contributed by atoms with Gasteiger partial charge in [0, 0.05) is 12.5 Å². The van der Waals surface area contributed by atoms with Gasteiger partial charge in [0.2, 0.25) is 5.91 Å². The lowest BCUT2D eigenvalue weighted by molar-refractivity contribution is -0.242. The topological polar surface area (TPSA) is 87.6 Å². The van der Waals surface area contributed by atoms with Crippen molar-refractivity contribution >= 4 is 5.91 Å². The second-order valence-electron chi connectivity index (χ2n) is 5.85. The number of rotatable bonds is 5. The van der Waals surface area contributed by atoms with E-state index in [0.29, 0.717) is 6.61 Å². The van der Waals surface area contributed by atoms with Crippen molar-refractivity contribution in [3.63, 3.8) is 0 Å². The van der Waals surface area contributed by atoms with Crippen molar-refractivity contribution in [2.45, 2.75) is 69.8 Å². The van der Waals surface area contributed by atoms with Crippen molar-refractivity contribution < 1.29 is 14.3 Å². The molecule has 0 aromatic carbocycles. The molecule has 0 radical (unpaired) electrons. The molecule has 5 heteroatoms. The predicted octanol–water partition coefficient (Wildman–Crippen LogP) is 1.64. The molecule has 2 fully saturated rings. The largest absolute Gasteiger partial charge is 0.370 e. The van der Waals surface area contributed by atoms with Crippen molar-refractivity contribution in [1.29, 1.82) is 0 Å². The maximum absolute atomic E-state index is 11.3. The summed E-state index contributed by atoms with van der Waals surface area (Å²) in [5.74, 6) is -0.192. The zero-order chi connectivity index (χ0) is 13.7. The zero-order valence-electron chi connectivity index (χ0n) is 11.6. The van der Waals surface area contributed by atoms with Crippen molar-refractivity contribution in [2.24, 2.45) is 17.4 Å². The van der Waals surface area contributed by atoms with E-state index in [9.17, 15) is 4.79 Å². The summed E-state index contributed by atoms with van der Waals surface area (Å²) in [5, 5.41) is 0. The smallest absolute Gasteiger partial charge is 0.221 e. The Morgan fingerprint density at radius 1 is 1.16 bits per heavy atom. The molecule has 2 unspecified atom stereocenters. The van der Waals surface area contributed by atoms with Gasteiger partial charge in [-0.15, -0.1) is 0 Å². The van der Waals surface area contributed by atoms with Crippen LogP contribution in [0.2, 0.25) is 0 Å². The lowest BCUT2D eigenvalue weighted by Gasteiger charge is -2.41. The summed E-state index contributed by atoms with van der Waals surface area (Å²) in [6.07, 6.45) is 8.37. The number of amides is 1. The summed E-state index contributed by atoms with van der Waals surface area (Å²) < 4.78 is 11.6. The van der Waals surface area contributed by atoms with Gasteiger partial charge in [-0.05, 0) is 32.1 Å². The van der Waals surface area contributed by atoms with E-state index in [1.165, 1.54) is 6.42 Å². The zero-order valence-corrected chi connectivity index (χ0v) is 11.6. The van der Waals surface area contributed by atoms with Gasteiger partial charge in [0.1, 0.15) is 5.72 Å². The monoisotopic (exact) mass is 270 g/mol. The van der Waals surface area contributed by atoms with Crippen molar-refractivity contribution in [1.82, 2.24) is 0 Å². The van der Waals surface area contributed by atoms with Crippen LogP contribution in [-0.2, 0) is 14.3 Å². The first kappa shape index (κ1) is 14.8. The molecule has 1 aliphatic carbocycles. The molecule has 0 spiro atoms. The van der Waals surface area contributed by atoms with Crippen LogP contribution in [0.3, 0.4) is 0 Å². The van der Waals surface area contributed by atoms with Gasteiger partial charge in [0.15, 0.2) is 6.29 Å². The predicted molar refractivity (Wildman–Crippen MR) is 72.0 cm³/mol. The third-order valence-corrected chi connectivity index (χ3v) is 4.24. The maximum atomic E-state index is 11.3. The molecular weight excluding hydrogens is 244 g/mol. The number of ether oxygens (including phenoxy) is 2. The molecule has 110 valence electrons. The first-order valence-corrected chi connectivity index (χ1v) is 7.47. The van der Waals surface area contributed by atoms with Crippen LogP contribution < -0.4 is 11.5 Å².